The van der Waals surface area contributed by atoms with Gasteiger partial charge in [-0.25, -0.2) is 4.79 Å². The number of rotatable bonds is 5. The molecule has 0 aromatic rings. The van der Waals surface area contributed by atoms with E-state index in [0.29, 0.717) is 0 Å². The molecular formula is C9H18N2O3. The fourth-order valence-electron chi connectivity index (χ4n) is 0.923. The van der Waals surface area contributed by atoms with Gasteiger partial charge in [0.2, 0.25) is 5.91 Å². The molecule has 0 radical (unpaired) electrons. The van der Waals surface area contributed by atoms with Crippen molar-refractivity contribution in [1.82, 2.24) is 10.6 Å². The van der Waals surface area contributed by atoms with Crippen molar-refractivity contribution in [2.24, 2.45) is 5.92 Å². The predicted molar refractivity (Wildman–Crippen MR) is 52.9 cm³/mol. The summed E-state index contributed by atoms with van der Waals surface area (Å²) in [7, 11) is 1.65. The summed E-state index contributed by atoms with van der Waals surface area (Å²) in [5.41, 5.74) is 0. The fraction of sp³-hybridized carbons (Fsp3) is 0.778. The molecule has 0 saturated heterocycles. The molecule has 1 unspecified atom stereocenters. The highest BCUT2D eigenvalue weighted by atomic mass is 16.4. The van der Waals surface area contributed by atoms with Gasteiger partial charge in [-0.05, 0) is 19.9 Å². The van der Waals surface area contributed by atoms with Crippen molar-refractivity contribution in [1.29, 1.82) is 0 Å². The largest absolute Gasteiger partial charge is 0.480 e. The van der Waals surface area contributed by atoms with Crippen LogP contribution >= 0.6 is 0 Å². The van der Waals surface area contributed by atoms with E-state index in [1.165, 1.54) is 0 Å². The van der Waals surface area contributed by atoms with Crippen molar-refractivity contribution in [3.63, 3.8) is 0 Å². The van der Waals surface area contributed by atoms with Crippen molar-refractivity contribution >= 4 is 11.9 Å². The van der Waals surface area contributed by atoms with Crippen LogP contribution in [0.1, 0.15) is 20.8 Å². The SMILES string of the molecule is CNC(C)C(=O)N[C@H](C(=O)O)C(C)C. The lowest BCUT2D eigenvalue weighted by atomic mass is 10.0. The first-order valence-electron chi connectivity index (χ1n) is 4.60. The molecular weight excluding hydrogens is 184 g/mol. The number of aliphatic carboxylic acids is 1. The van der Waals surface area contributed by atoms with Crippen LogP contribution < -0.4 is 10.6 Å². The molecule has 3 N–H and O–H groups in total. The van der Waals surface area contributed by atoms with Crippen LogP contribution in [-0.4, -0.2) is 36.1 Å². The molecule has 5 nitrogen and oxygen atoms in total. The lowest BCUT2D eigenvalue weighted by Crippen LogP contribution is -2.50. The van der Waals surface area contributed by atoms with Crippen LogP contribution in [0.15, 0.2) is 0 Å². The minimum atomic E-state index is -1.00. The topological polar surface area (TPSA) is 78.4 Å². The molecule has 14 heavy (non-hydrogen) atoms. The number of carboxylic acids is 1. The van der Waals surface area contributed by atoms with E-state index in [1.54, 1.807) is 27.8 Å². The Morgan fingerprint density at radius 2 is 1.71 bits per heavy atom. The van der Waals surface area contributed by atoms with E-state index >= 15 is 0 Å². The minimum absolute atomic E-state index is 0.125. The maximum Gasteiger partial charge on any atom is 0.326 e. The quantitative estimate of drug-likeness (QED) is 0.578. The average Bonchev–Trinajstić information content (AvgIpc) is 2.11. The number of carboxylic acid groups (broad SMARTS) is 1. The second-order valence-electron chi connectivity index (χ2n) is 3.58. The van der Waals surface area contributed by atoms with Gasteiger partial charge in [-0.1, -0.05) is 13.8 Å². The zero-order valence-electron chi connectivity index (χ0n) is 9.00. The van der Waals surface area contributed by atoms with E-state index in [-0.39, 0.29) is 17.9 Å². The van der Waals surface area contributed by atoms with E-state index in [2.05, 4.69) is 10.6 Å². The second kappa shape index (κ2) is 5.59. The first-order valence-corrected chi connectivity index (χ1v) is 4.60. The monoisotopic (exact) mass is 202 g/mol. The van der Waals surface area contributed by atoms with Crippen LogP contribution in [0.25, 0.3) is 0 Å². The number of carbonyl (C=O) groups excluding carboxylic acids is 1. The number of nitrogens with one attached hydrogen (secondary N) is 2. The predicted octanol–water partition coefficient (Wildman–Crippen LogP) is -0.180. The summed E-state index contributed by atoms with van der Waals surface area (Å²) < 4.78 is 0. The molecule has 0 aliphatic heterocycles. The molecule has 0 aliphatic rings. The van der Waals surface area contributed by atoms with E-state index in [0.717, 1.165) is 0 Å². The Labute approximate surface area is 83.9 Å². The molecule has 0 aromatic carbocycles. The zero-order chi connectivity index (χ0) is 11.3. The molecule has 0 saturated carbocycles. The van der Waals surface area contributed by atoms with Gasteiger partial charge in [0.15, 0.2) is 0 Å². The van der Waals surface area contributed by atoms with Gasteiger partial charge in [0.25, 0.3) is 0 Å². The molecule has 82 valence electrons. The maximum atomic E-state index is 11.4. The van der Waals surface area contributed by atoms with Gasteiger partial charge in [0.05, 0.1) is 6.04 Å². The number of carbonyl (C=O) groups is 2. The zero-order valence-corrected chi connectivity index (χ0v) is 9.00. The summed E-state index contributed by atoms with van der Waals surface area (Å²) in [5.74, 6) is -1.43. The van der Waals surface area contributed by atoms with Gasteiger partial charge >= 0.3 is 5.97 Å². The molecule has 1 amide bonds. The summed E-state index contributed by atoms with van der Waals surface area (Å²) in [6.45, 7) is 5.18. The summed E-state index contributed by atoms with van der Waals surface area (Å²) in [5, 5.41) is 14.0. The van der Waals surface area contributed by atoms with Crippen molar-refractivity contribution in [2.45, 2.75) is 32.9 Å². The lowest BCUT2D eigenvalue weighted by Gasteiger charge is -2.20. The van der Waals surface area contributed by atoms with Crippen LogP contribution in [0.5, 0.6) is 0 Å². The molecule has 0 aromatic heterocycles. The Hall–Kier alpha value is -1.10. The van der Waals surface area contributed by atoms with Crippen LogP contribution in [-0.2, 0) is 9.59 Å². The Balaban J connectivity index is 4.31. The first-order chi connectivity index (χ1) is 6.40. The molecule has 0 heterocycles. The van der Waals surface area contributed by atoms with Crippen molar-refractivity contribution in [3.05, 3.63) is 0 Å². The molecule has 0 rings (SSSR count). The molecule has 0 aliphatic carbocycles. The minimum Gasteiger partial charge on any atom is -0.480 e. The van der Waals surface area contributed by atoms with E-state index in [1.807, 2.05) is 0 Å². The smallest absolute Gasteiger partial charge is 0.326 e. The van der Waals surface area contributed by atoms with E-state index < -0.39 is 12.0 Å². The lowest BCUT2D eigenvalue weighted by molar-refractivity contribution is -0.143. The first kappa shape index (κ1) is 12.9. The summed E-state index contributed by atoms with van der Waals surface area (Å²) in [6, 6.07) is -1.20. The number of hydrogen-bond acceptors (Lipinski definition) is 3. The van der Waals surface area contributed by atoms with Crippen LogP contribution in [0, 0.1) is 5.92 Å². The van der Waals surface area contributed by atoms with E-state index in [9.17, 15) is 9.59 Å². The normalized spacial score (nSPS) is 14.9. The Morgan fingerprint density at radius 3 is 2.00 bits per heavy atom. The third kappa shape index (κ3) is 3.74. The van der Waals surface area contributed by atoms with Crippen molar-refractivity contribution in [3.8, 4) is 0 Å². The van der Waals surface area contributed by atoms with Crippen molar-refractivity contribution < 1.29 is 14.7 Å². The summed E-state index contributed by atoms with van der Waals surface area (Å²) in [4.78, 5) is 22.1. The highest BCUT2D eigenvalue weighted by Gasteiger charge is 2.24. The van der Waals surface area contributed by atoms with Gasteiger partial charge in [0.1, 0.15) is 6.04 Å². The molecule has 5 heteroatoms. The Kier molecular flexibility index (Phi) is 5.15. The number of likely N-dealkylation sites (N-methyl/N-ethyl adjacent to an activating group) is 1. The molecule has 0 fully saturated rings. The molecule has 0 bridgehead atoms. The van der Waals surface area contributed by atoms with Crippen LogP contribution in [0.2, 0.25) is 0 Å². The molecule has 0 spiro atoms. The third-order valence-corrected chi connectivity index (χ3v) is 2.06. The Morgan fingerprint density at radius 1 is 1.21 bits per heavy atom. The van der Waals surface area contributed by atoms with Gasteiger partial charge in [-0.3, -0.25) is 4.79 Å². The van der Waals surface area contributed by atoms with Gasteiger partial charge in [-0.15, -0.1) is 0 Å². The standard InChI is InChI=1S/C9H18N2O3/c1-5(2)7(9(13)14)11-8(12)6(3)10-4/h5-7,10H,1-4H3,(H,11,12)(H,13,14)/t6?,7-/m0/s1. The van der Waals surface area contributed by atoms with Gasteiger partial charge in [0, 0.05) is 0 Å². The third-order valence-electron chi connectivity index (χ3n) is 2.06. The van der Waals surface area contributed by atoms with E-state index in [4.69, 9.17) is 5.11 Å². The summed E-state index contributed by atoms with van der Waals surface area (Å²) >= 11 is 0. The highest BCUT2D eigenvalue weighted by Crippen LogP contribution is 2.01. The second-order valence-corrected chi connectivity index (χ2v) is 3.58. The number of hydrogen-bond donors (Lipinski definition) is 3. The van der Waals surface area contributed by atoms with Crippen molar-refractivity contribution in [2.75, 3.05) is 7.05 Å². The van der Waals surface area contributed by atoms with Crippen LogP contribution in [0.4, 0.5) is 0 Å². The van der Waals surface area contributed by atoms with Gasteiger partial charge in [-0.2, -0.15) is 0 Å². The Bertz CT molecular complexity index is 216. The van der Waals surface area contributed by atoms with Gasteiger partial charge < -0.3 is 15.7 Å². The summed E-state index contributed by atoms with van der Waals surface area (Å²) in [6.07, 6.45) is 0. The fourth-order valence-corrected chi connectivity index (χ4v) is 0.923. The highest BCUT2D eigenvalue weighted by molar-refractivity contribution is 5.86. The van der Waals surface area contributed by atoms with Crippen LogP contribution in [0.3, 0.4) is 0 Å². The maximum absolute atomic E-state index is 11.4. The molecule has 2 atom stereocenters. The average molecular weight is 202 g/mol. The number of amides is 1.